The SMILES string of the molecule is CC(C)[C@@H]1CC[C@@H](C)C(=Cc2ccc(NC(=O)CCC(=O)O)cc2)C1=O. The Bertz CT molecular complexity index is 703. The van der Waals surface area contributed by atoms with Crippen LogP contribution in [0.5, 0.6) is 0 Å². The number of carbonyl (C=O) groups excluding carboxylic acids is 2. The van der Waals surface area contributed by atoms with Crippen LogP contribution in [0.3, 0.4) is 0 Å². The van der Waals surface area contributed by atoms with Gasteiger partial charge >= 0.3 is 5.97 Å². The molecule has 1 amide bonds. The number of carboxylic acid groups (broad SMARTS) is 1. The Morgan fingerprint density at radius 1 is 1.19 bits per heavy atom. The Balaban J connectivity index is 2.07. The maximum atomic E-state index is 12.7. The Morgan fingerprint density at radius 3 is 2.42 bits per heavy atom. The quantitative estimate of drug-likeness (QED) is 0.749. The highest BCUT2D eigenvalue weighted by Crippen LogP contribution is 2.35. The van der Waals surface area contributed by atoms with Gasteiger partial charge in [0, 0.05) is 18.0 Å². The predicted molar refractivity (Wildman–Crippen MR) is 102 cm³/mol. The molecule has 0 radical (unpaired) electrons. The Morgan fingerprint density at radius 2 is 1.85 bits per heavy atom. The van der Waals surface area contributed by atoms with Crippen molar-refractivity contribution in [2.75, 3.05) is 5.32 Å². The van der Waals surface area contributed by atoms with Crippen molar-refractivity contribution in [2.24, 2.45) is 17.8 Å². The standard InChI is InChI=1S/C21H27NO4/c1-13(2)17-9-4-14(3)18(21(17)26)12-15-5-7-16(8-6-15)22-19(23)10-11-20(24)25/h5-8,12-14,17H,4,9-11H2,1-3H3,(H,22,23)(H,24,25)/t14-,17+/m1/s1. The van der Waals surface area contributed by atoms with Gasteiger partial charge < -0.3 is 10.4 Å². The second-order valence-corrected chi connectivity index (χ2v) is 7.36. The van der Waals surface area contributed by atoms with Gasteiger partial charge in [0.15, 0.2) is 5.78 Å². The van der Waals surface area contributed by atoms with E-state index in [4.69, 9.17) is 5.11 Å². The van der Waals surface area contributed by atoms with E-state index >= 15 is 0 Å². The number of hydrogen-bond donors (Lipinski definition) is 2. The van der Waals surface area contributed by atoms with Gasteiger partial charge in [-0.2, -0.15) is 0 Å². The molecular weight excluding hydrogens is 330 g/mol. The summed E-state index contributed by atoms with van der Waals surface area (Å²) in [6.45, 7) is 6.29. The fraction of sp³-hybridized carbons (Fsp3) is 0.476. The minimum absolute atomic E-state index is 0.0518. The largest absolute Gasteiger partial charge is 0.481 e. The molecule has 2 N–H and O–H groups in total. The summed E-state index contributed by atoms with van der Waals surface area (Å²) in [6, 6.07) is 7.25. The molecule has 0 saturated heterocycles. The number of Topliss-reactive ketones (excluding diaryl/α,β-unsaturated/α-hetero) is 1. The minimum atomic E-state index is -0.993. The van der Waals surface area contributed by atoms with Crippen molar-refractivity contribution < 1.29 is 19.5 Å². The van der Waals surface area contributed by atoms with Gasteiger partial charge in [-0.05, 0) is 54.0 Å². The molecule has 2 atom stereocenters. The van der Waals surface area contributed by atoms with Gasteiger partial charge in [-0.1, -0.05) is 32.9 Å². The summed E-state index contributed by atoms with van der Waals surface area (Å²) < 4.78 is 0. The number of ketones is 1. The summed E-state index contributed by atoms with van der Waals surface area (Å²) in [5.41, 5.74) is 2.42. The molecule has 1 saturated carbocycles. The van der Waals surface area contributed by atoms with E-state index < -0.39 is 5.97 Å². The van der Waals surface area contributed by atoms with Crippen molar-refractivity contribution in [1.82, 2.24) is 0 Å². The Hall–Kier alpha value is -2.43. The van der Waals surface area contributed by atoms with E-state index in [1.54, 1.807) is 12.1 Å². The van der Waals surface area contributed by atoms with Gasteiger partial charge in [0.2, 0.25) is 5.91 Å². The zero-order valence-electron chi connectivity index (χ0n) is 15.6. The Labute approximate surface area is 154 Å². The molecular formula is C21H27NO4. The second-order valence-electron chi connectivity index (χ2n) is 7.36. The van der Waals surface area contributed by atoms with Gasteiger partial charge in [0.05, 0.1) is 6.42 Å². The van der Waals surface area contributed by atoms with Crippen LogP contribution in [0.2, 0.25) is 0 Å². The molecule has 0 heterocycles. The van der Waals surface area contributed by atoms with Crippen LogP contribution < -0.4 is 5.32 Å². The minimum Gasteiger partial charge on any atom is -0.481 e. The van der Waals surface area contributed by atoms with E-state index in [0.717, 1.165) is 24.0 Å². The lowest BCUT2D eigenvalue weighted by Gasteiger charge is -2.30. The highest BCUT2D eigenvalue weighted by molar-refractivity contribution is 6.02. The maximum Gasteiger partial charge on any atom is 0.303 e. The number of amides is 1. The van der Waals surface area contributed by atoms with Crippen LogP contribution in [-0.4, -0.2) is 22.8 Å². The number of nitrogens with one attached hydrogen (secondary N) is 1. The smallest absolute Gasteiger partial charge is 0.303 e. The molecule has 5 heteroatoms. The highest BCUT2D eigenvalue weighted by atomic mass is 16.4. The van der Waals surface area contributed by atoms with Crippen molar-refractivity contribution in [3.63, 3.8) is 0 Å². The van der Waals surface area contributed by atoms with E-state index in [0.29, 0.717) is 11.6 Å². The van der Waals surface area contributed by atoms with E-state index in [-0.39, 0.29) is 36.4 Å². The van der Waals surface area contributed by atoms with Gasteiger partial charge in [0.1, 0.15) is 0 Å². The number of hydrogen-bond acceptors (Lipinski definition) is 3. The molecule has 1 aliphatic rings. The van der Waals surface area contributed by atoms with E-state index in [1.807, 2.05) is 18.2 Å². The Kier molecular flexibility index (Phi) is 6.72. The fourth-order valence-electron chi connectivity index (χ4n) is 3.31. The van der Waals surface area contributed by atoms with E-state index in [2.05, 4.69) is 26.1 Å². The number of anilines is 1. The molecule has 1 aromatic rings. The summed E-state index contributed by atoms with van der Waals surface area (Å²) in [6.07, 6.45) is 3.70. The van der Waals surface area contributed by atoms with E-state index in [9.17, 15) is 14.4 Å². The molecule has 2 rings (SSSR count). The summed E-state index contributed by atoms with van der Waals surface area (Å²) in [5, 5.41) is 11.3. The normalized spacial score (nSPS) is 21.8. The van der Waals surface area contributed by atoms with Gasteiger partial charge in [-0.3, -0.25) is 14.4 Å². The average molecular weight is 357 g/mol. The van der Waals surface area contributed by atoms with Gasteiger partial charge in [0.25, 0.3) is 0 Å². The number of rotatable bonds is 6. The van der Waals surface area contributed by atoms with Crippen LogP contribution in [0.25, 0.3) is 6.08 Å². The van der Waals surface area contributed by atoms with Crippen molar-refractivity contribution in [3.8, 4) is 0 Å². The third-order valence-corrected chi connectivity index (χ3v) is 4.95. The third-order valence-electron chi connectivity index (χ3n) is 4.95. The molecule has 1 aromatic carbocycles. The monoisotopic (exact) mass is 357 g/mol. The summed E-state index contributed by atoms with van der Waals surface area (Å²) in [4.78, 5) is 34.9. The zero-order chi connectivity index (χ0) is 19.3. The van der Waals surface area contributed by atoms with E-state index in [1.165, 1.54) is 0 Å². The topological polar surface area (TPSA) is 83.5 Å². The van der Waals surface area contributed by atoms with Crippen LogP contribution >= 0.6 is 0 Å². The zero-order valence-corrected chi connectivity index (χ0v) is 15.6. The van der Waals surface area contributed by atoms with Crippen molar-refractivity contribution >= 4 is 29.4 Å². The van der Waals surface area contributed by atoms with Crippen molar-refractivity contribution in [3.05, 3.63) is 35.4 Å². The van der Waals surface area contributed by atoms with Crippen molar-refractivity contribution in [2.45, 2.75) is 46.5 Å². The first-order valence-corrected chi connectivity index (χ1v) is 9.15. The summed E-state index contributed by atoms with van der Waals surface area (Å²) in [7, 11) is 0. The second kappa shape index (κ2) is 8.79. The molecule has 1 aliphatic carbocycles. The lowest BCUT2D eigenvalue weighted by atomic mass is 9.73. The molecule has 0 unspecified atom stereocenters. The highest BCUT2D eigenvalue weighted by Gasteiger charge is 2.32. The average Bonchev–Trinajstić information content (AvgIpc) is 2.58. The van der Waals surface area contributed by atoms with Crippen LogP contribution in [0.1, 0.15) is 52.0 Å². The maximum absolute atomic E-state index is 12.7. The molecule has 5 nitrogen and oxygen atoms in total. The third kappa shape index (κ3) is 5.28. The summed E-state index contributed by atoms with van der Waals surface area (Å²) >= 11 is 0. The molecule has 0 spiro atoms. The predicted octanol–water partition coefficient (Wildman–Crippen LogP) is 4.14. The molecule has 0 aliphatic heterocycles. The molecule has 1 fully saturated rings. The van der Waals surface area contributed by atoms with Gasteiger partial charge in [-0.25, -0.2) is 0 Å². The number of carboxylic acids is 1. The lowest BCUT2D eigenvalue weighted by molar-refractivity contribution is -0.138. The molecule has 140 valence electrons. The number of carbonyl (C=O) groups is 3. The number of aliphatic carboxylic acids is 1. The number of benzene rings is 1. The van der Waals surface area contributed by atoms with Crippen molar-refractivity contribution in [1.29, 1.82) is 0 Å². The molecule has 26 heavy (non-hydrogen) atoms. The van der Waals surface area contributed by atoms with Gasteiger partial charge in [-0.15, -0.1) is 0 Å². The summed E-state index contributed by atoms with van der Waals surface area (Å²) in [5.74, 6) is -0.354. The van der Waals surface area contributed by atoms with Crippen LogP contribution in [0.15, 0.2) is 29.8 Å². The first-order chi connectivity index (χ1) is 12.3. The van der Waals surface area contributed by atoms with Crippen LogP contribution in [0, 0.1) is 17.8 Å². The molecule has 0 aromatic heterocycles. The first-order valence-electron chi connectivity index (χ1n) is 9.15. The lowest BCUT2D eigenvalue weighted by Crippen LogP contribution is -2.30. The first kappa shape index (κ1) is 19.9. The van der Waals surface area contributed by atoms with Crippen LogP contribution in [0.4, 0.5) is 5.69 Å². The molecule has 0 bridgehead atoms. The fourth-order valence-corrected chi connectivity index (χ4v) is 3.31. The number of allylic oxidation sites excluding steroid dienone is 1. The van der Waals surface area contributed by atoms with Crippen LogP contribution in [-0.2, 0) is 14.4 Å².